The highest BCUT2D eigenvalue weighted by molar-refractivity contribution is 5.09. The van der Waals surface area contributed by atoms with E-state index in [1.54, 1.807) is 0 Å². The highest BCUT2D eigenvalue weighted by Gasteiger charge is 2.60. The van der Waals surface area contributed by atoms with Crippen molar-refractivity contribution in [2.45, 2.75) is 25.4 Å². The summed E-state index contributed by atoms with van der Waals surface area (Å²) in [5, 5.41) is 9.42. The van der Waals surface area contributed by atoms with Gasteiger partial charge in [0.2, 0.25) is 0 Å². The third-order valence-corrected chi connectivity index (χ3v) is 3.66. The Hall–Kier alpha value is -0.0400. The van der Waals surface area contributed by atoms with E-state index in [2.05, 4.69) is 0 Å². The van der Waals surface area contributed by atoms with E-state index in [9.17, 15) is 5.11 Å². The van der Waals surface area contributed by atoms with Crippen LogP contribution in [0.25, 0.3) is 0 Å². The molecule has 9 heavy (non-hydrogen) atoms. The van der Waals surface area contributed by atoms with Crippen molar-refractivity contribution in [3.63, 3.8) is 0 Å². The quantitative estimate of drug-likeness (QED) is 0.511. The maximum absolute atomic E-state index is 9.42. The molecule has 2 bridgehead atoms. The fourth-order valence-corrected chi connectivity index (χ4v) is 3.17. The Bertz CT molecular complexity index is 151. The predicted octanol–water partition coefficient (Wildman–Crippen LogP) is 1.02. The van der Waals surface area contributed by atoms with Gasteiger partial charge in [0.05, 0.1) is 6.10 Å². The van der Waals surface area contributed by atoms with Crippen LogP contribution in [0.2, 0.25) is 0 Å². The van der Waals surface area contributed by atoms with Gasteiger partial charge in [-0.1, -0.05) is 0 Å². The van der Waals surface area contributed by atoms with E-state index >= 15 is 0 Å². The molecule has 1 nitrogen and oxygen atoms in total. The van der Waals surface area contributed by atoms with E-state index in [0.717, 1.165) is 30.1 Å². The number of aliphatic hydroxyl groups is 1. The van der Waals surface area contributed by atoms with Gasteiger partial charge in [-0.3, -0.25) is 0 Å². The van der Waals surface area contributed by atoms with E-state index in [4.69, 9.17) is 0 Å². The number of hydrogen-bond donors (Lipinski definition) is 1. The normalized spacial score (nSPS) is 68.3. The standard InChI is InChI=1S/C8H12O/c9-8-2-4-1-7(8)6-3-5(4)6/h4-9H,1-3H2/t4-,5+,6-,7+,8-/m1/s1. The molecule has 3 rings (SSSR count). The van der Waals surface area contributed by atoms with Crippen LogP contribution in [-0.4, -0.2) is 11.2 Å². The molecular weight excluding hydrogens is 112 g/mol. The van der Waals surface area contributed by atoms with Crippen molar-refractivity contribution in [1.82, 2.24) is 0 Å². The number of hydrogen-bond acceptors (Lipinski definition) is 1. The molecule has 0 heterocycles. The molecule has 0 amide bonds. The Balaban J connectivity index is 1.96. The van der Waals surface area contributed by atoms with Crippen LogP contribution in [0, 0.1) is 23.7 Å². The van der Waals surface area contributed by atoms with Gasteiger partial charge in [-0.25, -0.2) is 0 Å². The Morgan fingerprint density at radius 1 is 0.889 bits per heavy atom. The molecule has 0 saturated heterocycles. The Morgan fingerprint density at radius 2 is 1.78 bits per heavy atom. The first-order valence-corrected chi connectivity index (χ1v) is 4.04. The number of aliphatic hydroxyl groups excluding tert-OH is 1. The molecule has 3 saturated carbocycles. The smallest absolute Gasteiger partial charge is 0.0574 e. The fraction of sp³-hybridized carbons (Fsp3) is 1.00. The highest BCUT2D eigenvalue weighted by atomic mass is 16.3. The van der Waals surface area contributed by atoms with Gasteiger partial charge >= 0.3 is 0 Å². The molecular formula is C8H12O. The molecule has 50 valence electrons. The van der Waals surface area contributed by atoms with E-state index in [1.807, 2.05) is 0 Å². The summed E-state index contributed by atoms with van der Waals surface area (Å²) < 4.78 is 0. The van der Waals surface area contributed by atoms with E-state index < -0.39 is 0 Å². The zero-order chi connectivity index (χ0) is 6.01. The van der Waals surface area contributed by atoms with Crippen molar-refractivity contribution in [3.05, 3.63) is 0 Å². The van der Waals surface area contributed by atoms with Crippen LogP contribution >= 0.6 is 0 Å². The minimum Gasteiger partial charge on any atom is -0.393 e. The lowest BCUT2D eigenvalue weighted by Gasteiger charge is -2.14. The first kappa shape index (κ1) is 4.73. The maximum Gasteiger partial charge on any atom is 0.0574 e. The zero-order valence-electron chi connectivity index (χ0n) is 5.46. The summed E-state index contributed by atoms with van der Waals surface area (Å²) in [6, 6.07) is 0. The largest absolute Gasteiger partial charge is 0.393 e. The average Bonchev–Trinajstić information content (AvgIpc) is 2.46. The Labute approximate surface area is 55.1 Å². The lowest BCUT2D eigenvalue weighted by Crippen LogP contribution is -2.17. The van der Waals surface area contributed by atoms with Gasteiger partial charge in [0, 0.05) is 0 Å². The molecule has 0 aromatic rings. The minimum absolute atomic E-state index is 0.0961. The number of rotatable bonds is 0. The van der Waals surface area contributed by atoms with E-state index in [0.29, 0.717) is 0 Å². The second-order valence-corrected chi connectivity index (χ2v) is 4.03. The molecule has 0 radical (unpaired) electrons. The van der Waals surface area contributed by atoms with Gasteiger partial charge in [0.25, 0.3) is 0 Å². The second-order valence-electron chi connectivity index (χ2n) is 4.03. The van der Waals surface area contributed by atoms with Crippen LogP contribution in [0.15, 0.2) is 0 Å². The van der Waals surface area contributed by atoms with Gasteiger partial charge in [0.15, 0.2) is 0 Å². The van der Waals surface area contributed by atoms with Crippen LogP contribution in [-0.2, 0) is 0 Å². The summed E-state index contributed by atoms with van der Waals surface area (Å²) in [7, 11) is 0. The first-order chi connectivity index (χ1) is 4.36. The van der Waals surface area contributed by atoms with Crippen molar-refractivity contribution in [3.8, 4) is 0 Å². The fourth-order valence-electron chi connectivity index (χ4n) is 3.17. The molecule has 5 atom stereocenters. The molecule has 0 aromatic carbocycles. The van der Waals surface area contributed by atoms with Crippen molar-refractivity contribution in [2.75, 3.05) is 0 Å². The van der Waals surface area contributed by atoms with E-state index in [-0.39, 0.29) is 6.10 Å². The SMILES string of the molecule is O[C@@H]1C[C@H]2C[C@H]1[C@@H]1C[C@@H]21. The summed E-state index contributed by atoms with van der Waals surface area (Å²) in [5.41, 5.74) is 0. The van der Waals surface area contributed by atoms with Crippen LogP contribution in [0.4, 0.5) is 0 Å². The van der Waals surface area contributed by atoms with Gasteiger partial charge in [-0.2, -0.15) is 0 Å². The second kappa shape index (κ2) is 1.20. The lowest BCUT2D eigenvalue weighted by molar-refractivity contribution is 0.107. The van der Waals surface area contributed by atoms with Gasteiger partial charge in [0.1, 0.15) is 0 Å². The lowest BCUT2D eigenvalue weighted by atomic mass is 9.98. The first-order valence-electron chi connectivity index (χ1n) is 4.04. The predicted molar refractivity (Wildman–Crippen MR) is 33.8 cm³/mol. The highest BCUT2D eigenvalue weighted by Crippen LogP contribution is 2.65. The van der Waals surface area contributed by atoms with Gasteiger partial charge < -0.3 is 5.11 Å². The summed E-state index contributed by atoms with van der Waals surface area (Å²) in [6.45, 7) is 0. The van der Waals surface area contributed by atoms with Gasteiger partial charge in [-0.05, 0) is 42.9 Å². The van der Waals surface area contributed by atoms with Crippen molar-refractivity contribution < 1.29 is 5.11 Å². The molecule has 3 aliphatic rings. The van der Waals surface area contributed by atoms with Crippen LogP contribution in [0.1, 0.15) is 19.3 Å². The zero-order valence-corrected chi connectivity index (χ0v) is 5.46. The van der Waals surface area contributed by atoms with E-state index in [1.165, 1.54) is 12.8 Å². The summed E-state index contributed by atoms with van der Waals surface area (Å²) >= 11 is 0. The minimum atomic E-state index is 0.0961. The average molecular weight is 124 g/mol. The summed E-state index contributed by atoms with van der Waals surface area (Å²) in [6.07, 6.45) is 4.04. The third kappa shape index (κ3) is 0.420. The molecule has 0 spiro atoms. The molecule has 3 fully saturated rings. The Kier molecular flexibility index (Phi) is 0.628. The monoisotopic (exact) mass is 124 g/mol. The molecule has 1 heteroatoms. The van der Waals surface area contributed by atoms with Crippen LogP contribution in [0.5, 0.6) is 0 Å². The summed E-state index contributed by atoms with van der Waals surface area (Å²) in [5.74, 6) is 3.71. The van der Waals surface area contributed by atoms with Gasteiger partial charge in [-0.15, -0.1) is 0 Å². The maximum atomic E-state index is 9.42. The molecule has 0 aromatic heterocycles. The van der Waals surface area contributed by atoms with Crippen LogP contribution < -0.4 is 0 Å². The third-order valence-electron chi connectivity index (χ3n) is 3.66. The van der Waals surface area contributed by atoms with Crippen molar-refractivity contribution in [2.24, 2.45) is 23.7 Å². The van der Waals surface area contributed by atoms with Crippen molar-refractivity contribution >= 4 is 0 Å². The van der Waals surface area contributed by atoms with Crippen LogP contribution in [0.3, 0.4) is 0 Å². The Morgan fingerprint density at radius 3 is 2.33 bits per heavy atom. The topological polar surface area (TPSA) is 20.2 Å². The molecule has 0 unspecified atom stereocenters. The summed E-state index contributed by atoms with van der Waals surface area (Å²) in [4.78, 5) is 0. The molecule has 1 N–H and O–H groups in total. The number of fused-ring (bicyclic) bond motifs is 5. The molecule has 3 aliphatic carbocycles. The van der Waals surface area contributed by atoms with Crippen molar-refractivity contribution in [1.29, 1.82) is 0 Å². The molecule has 0 aliphatic heterocycles.